The van der Waals surface area contributed by atoms with Gasteiger partial charge in [0.1, 0.15) is 6.04 Å². The summed E-state index contributed by atoms with van der Waals surface area (Å²) in [4.78, 5) is 41.0. The van der Waals surface area contributed by atoms with Gasteiger partial charge in [-0.25, -0.2) is 0 Å². The Labute approximate surface area is 165 Å². The van der Waals surface area contributed by atoms with E-state index in [-0.39, 0.29) is 24.1 Å². The summed E-state index contributed by atoms with van der Waals surface area (Å²) in [5.74, 6) is -0.696. The van der Waals surface area contributed by atoms with Crippen molar-refractivity contribution < 1.29 is 14.4 Å². The van der Waals surface area contributed by atoms with Crippen molar-refractivity contribution in [2.24, 2.45) is 0 Å². The Kier molecular flexibility index (Phi) is 5.46. The number of rotatable bonds is 5. The van der Waals surface area contributed by atoms with E-state index >= 15 is 0 Å². The summed E-state index contributed by atoms with van der Waals surface area (Å²) < 4.78 is 0. The van der Waals surface area contributed by atoms with E-state index in [9.17, 15) is 14.4 Å². The van der Waals surface area contributed by atoms with Gasteiger partial charge in [-0.05, 0) is 44.0 Å². The normalized spacial score (nSPS) is 25.8. The third kappa shape index (κ3) is 3.56. The lowest BCUT2D eigenvalue weighted by atomic mass is 9.98. The van der Waals surface area contributed by atoms with Crippen LogP contribution >= 0.6 is 0 Å². The Balaban J connectivity index is 1.55. The molecule has 2 saturated heterocycles. The molecule has 0 aliphatic carbocycles. The minimum atomic E-state index is -0.558. The SMILES string of the molecule is CNC[C@H]1CCCCN1Cc1cccc2c1C(=O)N(C1CCC(=O)NC1=O)C2. The summed E-state index contributed by atoms with van der Waals surface area (Å²) in [7, 11) is 1.98. The predicted octanol–water partition coefficient (Wildman–Crippen LogP) is 1.02. The molecule has 0 bridgehead atoms. The van der Waals surface area contributed by atoms with E-state index in [4.69, 9.17) is 0 Å². The summed E-state index contributed by atoms with van der Waals surface area (Å²) in [6.45, 7) is 3.19. The number of imide groups is 1. The van der Waals surface area contributed by atoms with Gasteiger partial charge in [-0.2, -0.15) is 0 Å². The molecule has 3 amide bonds. The molecule has 0 radical (unpaired) electrons. The van der Waals surface area contributed by atoms with Crippen LogP contribution in [0, 0.1) is 0 Å². The van der Waals surface area contributed by atoms with Gasteiger partial charge in [0.05, 0.1) is 0 Å². The number of hydrogen-bond donors (Lipinski definition) is 2. The molecule has 28 heavy (non-hydrogen) atoms. The number of nitrogens with one attached hydrogen (secondary N) is 2. The minimum absolute atomic E-state index is 0.0812. The molecule has 150 valence electrons. The Morgan fingerprint density at radius 2 is 2.04 bits per heavy atom. The number of hydrogen-bond acceptors (Lipinski definition) is 5. The molecule has 1 aromatic rings. The second kappa shape index (κ2) is 8.01. The van der Waals surface area contributed by atoms with Gasteiger partial charge in [-0.3, -0.25) is 24.6 Å². The van der Waals surface area contributed by atoms with Crippen molar-refractivity contribution in [1.82, 2.24) is 20.4 Å². The molecule has 2 atom stereocenters. The van der Waals surface area contributed by atoms with E-state index in [1.807, 2.05) is 25.2 Å². The van der Waals surface area contributed by atoms with Crippen LogP contribution in [0.5, 0.6) is 0 Å². The van der Waals surface area contributed by atoms with Crippen LogP contribution in [0.15, 0.2) is 18.2 Å². The fourth-order valence-electron chi connectivity index (χ4n) is 4.78. The number of nitrogens with zero attached hydrogens (tertiary/aromatic N) is 2. The number of carbonyl (C=O) groups is 3. The highest BCUT2D eigenvalue weighted by Gasteiger charge is 2.40. The maximum absolute atomic E-state index is 13.2. The molecular formula is C21H28N4O3. The first-order chi connectivity index (χ1) is 13.6. The van der Waals surface area contributed by atoms with Crippen molar-refractivity contribution in [2.75, 3.05) is 20.1 Å². The molecule has 7 nitrogen and oxygen atoms in total. The third-order valence-electron chi connectivity index (χ3n) is 6.20. The van der Waals surface area contributed by atoms with Crippen LogP contribution in [-0.2, 0) is 22.7 Å². The molecule has 4 rings (SSSR count). The maximum atomic E-state index is 13.2. The van der Waals surface area contributed by atoms with Crippen LogP contribution in [0.2, 0.25) is 0 Å². The van der Waals surface area contributed by atoms with Gasteiger partial charge in [0, 0.05) is 37.7 Å². The van der Waals surface area contributed by atoms with Gasteiger partial charge in [0.25, 0.3) is 5.91 Å². The number of piperidine rings is 2. The van der Waals surface area contributed by atoms with E-state index in [0.717, 1.165) is 36.3 Å². The van der Waals surface area contributed by atoms with Crippen LogP contribution in [0.4, 0.5) is 0 Å². The van der Waals surface area contributed by atoms with E-state index in [2.05, 4.69) is 15.5 Å². The number of carbonyl (C=O) groups excluding carboxylic acids is 3. The summed E-state index contributed by atoms with van der Waals surface area (Å²) in [5.41, 5.74) is 2.77. The Morgan fingerprint density at radius 1 is 1.18 bits per heavy atom. The van der Waals surface area contributed by atoms with Crippen molar-refractivity contribution in [3.05, 3.63) is 34.9 Å². The van der Waals surface area contributed by atoms with Crippen molar-refractivity contribution in [2.45, 2.75) is 57.3 Å². The zero-order chi connectivity index (χ0) is 19.7. The molecule has 0 aromatic heterocycles. The second-order valence-corrected chi connectivity index (χ2v) is 8.03. The molecule has 3 aliphatic heterocycles. The van der Waals surface area contributed by atoms with Gasteiger partial charge < -0.3 is 10.2 Å². The fraction of sp³-hybridized carbons (Fsp3) is 0.571. The summed E-state index contributed by atoms with van der Waals surface area (Å²) in [6, 6.07) is 5.95. The lowest BCUT2D eigenvalue weighted by molar-refractivity contribution is -0.136. The largest absolute Gasteiger partial charge is 0.322 e. The Bertz CT molecular complexity index is 792. The summed E-state index contributed by atoms with van der Waals surface area (Å²) in [6.07, 6.45) is 4.29. The molecular weight excluding hydrogens is 356 g/mol. The Hall–Kier alpha value is -2.25. The number of benzene rings is 1. The van der Waals surface area contributed by atoms with Crippen molar-refractivity contribution in [3.63, 3.8) is 0 Å². The maximum Gasteiger partial charge on any atom is 0.255 e. The molecule has 7 heteroatoms. The first-order valence-electron chi connectivity index (χ1n) is 10.2. The van der Waals surface area contributed by atoms with Crippen molar-refractivity contribution in [3.8, 4) is 0 Å². The fourth-order valence-corrected chi connectivity index (χ4v) is 4.78. The predicted molar refractivity (Wildman–Crippen MR) is 104 cm³/mol. The van der Waals surface area contributed by atoms with Crippen molar-refractivity contribution >= 4 is 17.7 Å². The molecule has 1 unspecified atom stereocenters. The van der Waals surface area contributed by atoms with E-state index in [1.165, 1.54) is 19.3 Å². The third-order valence-corrected chi connectivity index (χ3v) is 6.20. The molecule has 3 aliphatic rings. The van der Waals surface area contributed by atoms with E-state index in [1.54, 1.807) is 4.90 Å². The molecule has 2 fully saturated rings. The van der Waals surface area contributed by atoms with Crippen LogP contribution in [0.1, 0.15) is 53.6 Å². The van der Waals surface area contributed by atoms with Crippen molar-refractivity contribution in [1.29, 1.82) is 0 Å². The minimum Gasteiger partial charge on any atom is -0.322 e. The topological polar surface area (TPSA) is 81.8 Å². The number of fused-ring (bicyclic) bond motifs is 1. The molecule has 2 N–H and O–H groups in total. The molecule has 0 spiro atoms. The summed E-state index contributed by atoms with van der Waals surface area (Å²) in [5, 5.41) is 5.65. The first-order valence-corrected chi connectivity index (χ1v) is 10.2. The van der Waals surface area contributed by atoms with Crippen LogP contribution < -0.4 is 10.6 Å². The lowest BCUT2D eigenvalue weighted by Gasteiger charge is -2.36. The molecule has 0 saturated carbocycles. The molecule has 1 aromatic carbocycles. The van der Waals surface area contributed by atoms with Gasteiger partial charge in [0.15, 0.2) is 0 Å². The monoisotopic (exact) mass is 384 g/mol. The zero-order valence-electron chi connectivity index (χ0n) is 16.4. The van der Waals surface area contributed by atoms with E-state index in [0.29, 0.717) is 19.0 Å². The average molecular weight is 384 g/mol. The van der Waals surface area contributed by atoms with Crippen LogP contribution in [0.3, 0.4) is 0 Å². The average Bonchev–Trinajstić information content (AvgIpc) is 3.01. The van der Waals surface area contributed by atoms with Gasteiger partial charge in [0.2, 0.25) is 11.8 Å². The second-order valence-electron chi connectivity index (χ2n) is 8.03. The zero-order valence-corrected chi connectivity index (χ0v) is 16.4. The van der Waals surface area contributed by atoms with E-state index < -0.39 is 6.04 Å². The number of likely N-dealkylation sites (tertiary alicyclic amines) is 1. The van der Waals surface area contributed by atoms with Gasteiger partial charge >= 0.3 is 0 Å². The lowest BCUT2D eigenvalue weighted by Crippen LogP contribution is -2.52. The van der Waals surface area contributed by atoms with Gasteiger partial charge in [-0.1, -0.05) is 24.6 Å². The van der Waals surface area contributed by atoms with Gasteiger partial charge in [-0.15, -0.1) is 0 Å². The number of likely N-dealkylation sites (N-methyl/N-ethyl adjacent to an activating group) is 1. The van der Waals surface area contributed by atoms with Crippen LogP contribution in [0.25, 0.3) is 0 Å². The standard InChI is InChI=1S/C21H28N4O3/c1-22-11-16-7-2-3-10-24(16)12-14-5-4-6-15-13-25(21(28)19(14)15)17-8-9-18(26)23-20(17)27/h4-6,16-17,22H,2-3,7-13H2,1H3,(H,23,26,27)/t16-,17?/m1/s1. The highest BCUT2D eigenvalue weighted by Crippen LogP contribution is 2.31. The summed E-state index contributed by atoms with van der Waals surface area (Å²) >= 11 is 0. The Morgan fingerprint density at radius 3 is 2.82 bits per heavy atom. The quantitative estimate of drug-likeness (QED) is 0.741. The van der Waals surface area contributed by atoms with Crippen LogP contribution in [-0.4, -0.2) is 59.7 Å². The molecule has 3 heterocycles. The first kappa shape index (κ1) is 19.1. The smallest absolute Gasteiger partial charge is 0.255 e. The number of amides is 3. The highest BCUT2D eigenvalue weighted by atomic mass is 16.2. The highest BCUT2D eigenvalue weighted by molar-refractivity contribution is 6.05.